The van der Waals surface area contributed by atoms with Gasteiger partial charge >= 0.3 is 6.09 Å². The van der Waals surface area contributed by atoms with Crippen molar-refractivity contribution in [2.75, 3.05) is 39.5 Å². The van der Waals surface area contributed by atoms with Gasteiger partial charge in [0.05, 0.1) is 12.1 Å². The van der Waals surface area contributed by atoms with Gasteiger partial charge < -0.3 is 19.9 Å². The van der Waals surface area contributed by atoms with Crippen LogP contribution in [-0.4, -0.2) is 72.8 Å². The van der Waals surface area contributed by atoms with E-state index in [2.05, 4.69) is 10.2 Å². The van der Waals surface area contributed by atoms with Gasteiger partial charge in [0.15, 0.2) is 0 Å². The highest BCUT2D eigenvalue weighted by molar-refractivity contribution is 5.79. The number of ether oxygens (including phenoxy) is 1. The Morgan fingerprint density at radius 3 is 2.57 bits per heavy atom. The fourth-order valence-electron chi connectivity index (χ4n) is 5.56. The van der Waals surface area contributed by atoms with Crippen molar-refractivity contribution in [1.29, 1.82) is 0 Å². The predicted molar refractivity (Wildman–Crippen MR) is 104 cm³/mol. The molecule has 158 valence electrons. The van der Waals surface area contributed by atoms with Crippen molar-refractivity contribution in [3.63, 3.8) is 0 Å². The lowest BCUT2D eigenvalue weighted by Crippen LogP contribution is -2.58. The average Bonchev–Trinajstić information content (AvgIpc) is 3.13. The molecule has 6 nitrogen and oxygen atoms in total. The van der Waals surface area contributed by atoms with Crippen molar-refractivity contribution in [1.82, 2.24) is 15.1 Å². The lowest BCUT2D eigenvalue weighted by molar-refractivity contribution is -0.130. The Hall–Kier alpha value is -1.37. The topological polar surface area (TPSA) is 61.9 Å². The highest BCUT2D eigenvalue weighted by Crippen LogP contribution is 2.50. The molecule has 2 heterocycles. The molecule has 2 aliphatic carbocycles. The maximum Gasteiger partial charge on any atom is 0.409 e. The van der Waals surface area contributed by atoms with Crippen LogP contribution in [0.4, 0.5) is 9.18 Å². The Bertz CT molecular complexity index is 682. The molecule has 0 aromatic carbocycles. The minimum atomic E-state index is -2.26. The number of amides is 2. The van der Waals surface area contributed by atoms with E-state index < -0.39 is 31.8 Å². The third-order valence-electron chi connectivity index (χ3n) is 7.60. The Kier molecular flexibility index (Phi) is 4.58. The van der Waals surface area contributed by atoms with Crippen LogP contribution in [0.15, 0.2) is 0 Å². The SMILES string of the molecule is [2H]C([2H])([2H])COC(=O)N1CC[C@]2(C1)C[C@H](N1CCC(C(=O)NC3(CF)CCC3)CC1)C2. The number of rotatable bonds is 5. The van der Waals surface area contributed by atoms with Gasteiger partial charge in [-0.3, -0.25) is 4.79 Å². The third kappa shape index (κ3) is 3.74. The van der Waals surface area contributed by atoms with Crippen molar-refractivity contribution in [3.8, 4) is 0 Å². The molecular formula is C21H34FN3O3. The van der Waals surface area contributed by atoms with Crippen LogP contribution in [0.1, 0.15) is 62.3 Å². The summed E-state index contributed by atoms with van der Waals surface area (Å²) in [6.07, 6.45) is 6.56. The van der Waals surface area contributed by atoms with Gasteiger partial charge in [0.1, 0.15) is 6.67 Å². The van der Waals surface area contributed by atoms with E-state index in [1.807, 2.05) is 0 Å². The maximum atomic E-state index is 13.3. The Balaban J connectivity index is 1.18. The summed E-state index contributed by atoms with van der Waals surface area (Å²) in [6.45, 7) is -0.270. The van der Waals surface area contributed by atoms with Crippen LogP contribution in [0.5, 0.6) is 0 Å². The first kappa shape index (κ1) is 16.4. The van der Waals surface area contributed by atoms with Gasteiger partial charge in [0, 0.05) is 29.2 Å². The molecular weight excluding hydrogens is 361 g/mol. The first-order valence-electron chi connectivity index (χ1n) is 12.2. The van der Waals surface area contributed by atoms with Gasteiger partial charge in [-0.25, -0.2) is 9.18 Å². The predicted octanol–water partition coefficient (Wildman–Crippen LogP) is 2.72. The number of nitrogens with zero attached hydrogens (tertiary/aromatic N) is 2. The van der Waals surface area contributed by atoms with Crippen LogP contribution in [0.2, 0.25) is 0 Å². The van der Waals surface area contributed by atoms with Crippen LogP contribution in [-0.2, 0) is 9.53 Å². The zero-order valence-corrected chi connectivity index (χ0v) is 16.6. The maximum absolute atomic E-state index is 13.3. The number of carbonyl (C=O) groups excluding carboxylic acids is 2. The average molecular weight is 399 g/mol. The zero-order chi connectivity index (χ0) is 22.3. The van der Waals surface area contributed by atoms with Gasteiger partial charge in [0.2, 0.25) is 5.91 Å². The van der Waals surface area contributed by atoms with Gasteiger partial charge in [-0.1, -0.05) is 0 Å². The second-order valence-electron chi connectivity index (χ2n) is 9.36. The molecule has 0 aromatic rings. The van der Waals surface area contributed by atoms with Crippen LogP contribution in [0, 0.1) is 11.3 Å². The summed E-state index contributed by atoms with van der Waals surface area (Å²) >= 11 is 0. The van der Waals surface area contributed by atoms with Crippen LogP contribution in [0.3, 0.4) is 0 Å². The van der Waals surface area contributed by atoms with Crippen molar-refractivity contribution in [2.24, 2.45) is 11.3 Å². The number of hydrogen-bond donors (Lipinski definition) is 1. The lowest BCUT2D eigenvalue weighted by atomic mass is 9.64. The quantitative estimate of drug-likeness (QED) is 0.774. The summed E-state index contributed by atoms with van der Waals surface area (Å²) in [5.74, 6) is -0.00615. The van der Waals surface area contributed by atoms with E-state index in [1.165, 1.54) is 0 Å². The molecule has 2 saturated carbocycles. The smallest absolute Gasteiger partial charge is 0.409 e. The van der Waals surface area contributed by atoms with Crippen molar-refractivity contribution in [3.05, 3.63) is 0 Å². The fraction of sp³-hybridized carbons (Fsp3) is 0.905. The van der Waals surface area contributed by atoms with Gasteiger partial charge in [-0.05, 0) is 76.7 Å². The highest BCUT2D eigenvalue weighted by atomic mass is 19.1. The molecule has 1 spiro atoms. The summed E-state index contributed by atoms with van der Waals surface area (Å²) in [5.41, 5.74) is -0.469. The highest BCUT2D eigenvalue weighted by Gasteiger charge is 2.51. The minimum Gasteiger partial charge on any atom is -0.450 e. The number of alkyl halides is 1. The van der Waals surface area contributed by atoms with E-state index in [0.717, 1.165) is 64.5 Å². The zero-order valence-electron chi connectivity index (χ0n) is 19.6. The Morgan fingerprint density at radius 1 is 1.21 bits per heavy atom. The monoisotopic (exact) mass is 398 g/mol. The molecule has 0 radical (unpaired) electrons. The van der Waals surface area contributed by atoms with Gasteiger partial charge in [0.25, 0.3) is 0 Å². The molecule has 2 amide bonds. The number of likely N-dealkylation sites (tertiary alicyclic amines) is 2. The summed E-state index contributed by atoms with van der Waals surface area (Å²) in [7, 11) is 0. The first-order valence-corrected chi connectivity index (χ1v) is 10.7. The fourth-order valence-corrected chi connectivity index (χ4v) is 5.56. The third-order valence-corrected chi connectivity index (χ3v) is 7.60. The molecule has 28 heavy (non-hydrogen) atoms. The van der Waals surface area contributed by atoms with E-state index in [4.69, 9.17) is 8.85 Å². The van der Waals surface area contributed by atoms with Crippen LogP contribution < -0.4 is 5.32 Å². The van der Waals surface area contributed by atoms with E-state index in [-0.39, 0.29) is 17.2 Å². The molecule has 0 bridgehead atoms. The Labute approximate surface area is 171 Å². The number of piperidine rings is 1. The van der Waals surface area contributed by atoms with Crippen molar-refractivity contribution in [2.45, 2.75) is 69.8 Å². The summed E-state index contributed by atoms with van der Waals surface area (Å²) in [6, 6.07) is 0.478. The molecule has 0 atom stereocenters. The second-order valence-corrected chi connectivity index (χ2v) is 9.36. The molecule has 4 rings (SSSR count). The number of halogens is 1. The molecule has 0 unspecified atom stereocenters. The Morgan fingerprint density at radius 2 is 1.96 bits per heavy atom. The molecule has 1 N–H and O–H groups in total. The molecule has 2 saturated heterocycles. The molecule has 0 aromatic heterocycles. The normalized spacial score (nSPS) is 34.7. The van der Waals surface area contributed by atoms with Crippen LogP contribution in [0.25, 0.3) is 0 Å². The summed E-state index contributed by atoms with van der Waals surface area (Å²) < 4.78 is 39.7. The molecule has 7 heteroatoms. The summed E-state index contributed by atoms with van der Waals surface area (Å²) in [5, 5.41) is 2.98. The molecule has 2 aliphatic heterocycles. The van der Waals surface area contributed by atoms with E-state index in [1.54, 1.807) is 4.90 Å². The van der Waals surface area contributed by atoms with Crippen molar-refractivity contribution < 1.29 is 22.8 Å². The second kappa shape index (κ2) is 7.81. The van der Waals surface area contributed by atoms with E-state index >= 15 is 0 Å². The van der Waals surface area contributed by atoms with E-state index in [0.29, 0.717) is 19.1 Å². The van der Waals surface area contributed by atoms with Crippen LogP contribution >= 0.6 is 0 Å². The van der Waals surface area contributed by atoms with Gasteiger partial charge in [-0.2, -0.15) is 0 Å². The molecule has 4 fully saturated rings. The number of nitrogens with one attached hydrogen (secondary N) is 1. The summed E-state index contributed by atoms with van der Waals surface area (Å²) in [4.78, 5) is 28.8. The van der Waals surface area contributed by atoms with E-state index in [9.17, 15) is 14.0 Å². The number of carbonyl (C=O) groups is 2. The standard InChI is InChI=1S/C21H34FN3O3/c1-2-28-19(27)25-11-8-20(15-25)12-17(13-20)24-9-4-16(5-10-24)18(26)23-21(14-22)6-3-7-21/h16-17H,2-15H2,1H3,(H,23,26)/t17-,20-/i1D3. The molecule has 4 aliphatic rings. The largest absolute Gasteiger partial charge is 0.450 e. The minimum absolute atomic E-state index is 0.0177. The van der Waals surface area contributed by atoms with Crippen molar-refractivity contribution >= 4 is 12.0 Å². The number of hydrogen-bond acceptors (Lipinski definition) is 4. The van der Waals surface area contributed by atoms with Gasteiger partial charge in [-0.15, -0.1) is 0 Å². The lowest BCUT2D eigenvalue weighted by Gasteiger charge is -2.51. The first-order chi connectivity index (χ1) is 14.6.